The molecule has 0 saturated carbocycles. The van der Waals surface area contributed by atoms with Crippen LogP contribution in [-0.2, 0) is 12.7 Å². The van der Waals surface area contributed by atoms with Gasteiger partial charge in [-0.25, -0.2) is 14.3 Å². The Labute approximate surface area is 190 Å². The second-order valence-electron chi connectivity index (χ2n) is 7.21. The van der Waals surface area contributed by atoms with Crippen LogP contribution in [0.5, 0.6) is 0 Å². The summed E-state index contributed by atoms with van der Waals surface area (Å²) < 4.78 is 39.3. The van der Waals surface area contributed by atoms with Crippen LogP contribution < -0.4 is 21.7 Å². The summed E-state index contributed by atoms with van der Waals surface area (Å²) in [6, 6.07) is 11.9. The number of halogens is 3. The number of aromatic nitrogens is 3. The third-order valence-corrected chi connectivity index (χ3v) is 4.83. The van der Waals surface area contributed by atoms with Gasteiger partial charge in [0.15, 0.2) is 5.82 Å². The van der Waals surface area contributed by atoms with Gasteiger partial charge in [0.2, 0.25) is 0 Å². The molecule has 5 N–H and O–H groups in total. The van der Waals surface area contributed by atoms with Gasteiger partial charge in [0, 0.05) is 24.1 Å². The number of nitrogens with zero attached hydrogens (tertiary/aromatic N) is 3. The first-order chi connectivity index (χ1) is 16.2. The third-order valence-electron chi connectivity index (χ3n) is 4.83. The minimum absolute atomic E-state index is 0.117. The van der Waals surface area contributed by atoms with E-state index < -0.39 is 23.7 Å². The second kappa shape index (κ2) is 9.10. The highest BCUT2D eigenvalue weighted by Gasteiger charge is 2.30. The van der Waals surface area contributed by atoms with E-state index in [4.69, 9.17) is 5.73 Å². The van der Waals surface area contributed by atoms with Crippen molar-refractivity contribution < 1.29 is 22.8 Å². The maximum Gasteiger partial charge on any atom is 0.416 e. The summed E-state index contributed by atoms with van der Waals surface area (Å²) in [5.74, 6) is -0.240. The van der Waals surface area contributed by atoms with Crippen molar-refractivity contribution in [1.29, 1.82) is 0 Å². The SMILES string of the molecule is Nc1ncnn2ccc(C(=O)Nc3cccc(CNC(=O)Nc4ccc(C(F)(F)F)cc4)c3)c12. The lowest BCUT2D eigenvalue weighted by Crippen LogP contribution is -2.28. The number of rotatable bonds is 5. The largest absolute Gasteiger partial charge is 0.416 e. The predicted octanol–water partition coefficient (Wildman–Crippen LogP) is 3.90. The fourth-order valence-corrected chi connectivity index (χ4v) is 3.22. The van der Waals surface area contributed by atoms with Crippen LogP contribution in [0.25, 0.3) is 5.52 Å². The molecular weight excluding hydrogens is 451 g/mol. The van der Waals surface area contributed by atoms with Gasteiger partial charge in [0.25, 0.3) is 5.91 Å². The molecule has 2 heterocycles. The number of carbonyl (C=O) groups is 2. The van der Waals surface area contributed by atoms with Crippen LogP contribution in [0.4, 0.5) is 35.2 Å². The fourth-order valence-electron chi connectivity index (χ4n) is 3.22. The monoisotopic (exact) mass is 469 g/mol. The van der Waals surface area contributed by atoms with Crippen LogP contribution >= 0.6 is 0 Å². The number of anilines is 3. The van der Waals surface area contributed by atoms with Crippen LogP contribution in [0.15, 0.2) is 67.1 Å². The van der Waals surface area contributed by atoms with Gasteiger partial charge in [-0.1, -0.05) is 12.1 Å². The minimum Gasteiger partial charge on any atom is -0.382 e. The molecule has 3 amide bonds. The maximum atomic E-state index is 12.7. The van der Waals surface area contributed by atoms with Crippen molar-refractivity contribution >= 4 is 34.6 Å². The number of nitrogen functional groups attached to an aromatic ring is 1. The Bertz CT molecular complexity index is 1350. The van der Waals surface area contributed by atoms with Crippen LogP contribution in [0, 0.1) is 0 Å². The lowest BCUT2D eigenvalue weighted by atomic mass is 10.2. The van der Waals surface area contributed by atoms with Crippen molar-refractivity contribution in [3.63, 3.8) is 0 Å². The molecule has 0 aliphatic rings. The molecule has 2 aromatic heterocycles. The number of hydrogen-bond acceptors (Lipinski definition) is 5. The Kier molecular flexibility index (Phi) is 6.04. The smallest absolute Gasteiger partial charge is 0.382 e. The van der Waals surface area contributed by atoms with E-state index in [1.165, 1.54) is 23.0 Å². The third kappa shape index (κ3) is 5.06. The molecule has 34 heavy (non-hydrogen) atoms. The number of amides is 3. The first-order valence-corrected chi connectivity index (χ1v) is 9.91. The minimum atomic E-state index is -4.45. The number of alkyl halides is 3. The van der Waals surface area contributed by atoms with Crippen molar-refractivity contribution in [3.05, 3.63) is 83.8 Å². The highest BCUT2D eigenvalue weighted by molar-refractivity contribution is 6.10. The normalized spacial score (nSPS) is 11.3. The molecule has 0 unspecified atom stereocenters. The fraction of sp³-hybridized carbons (Fsp3) is 0.0909. The molecular formula is C22H18F3N7O2. The van der Waals surface area contributed by atoms with Crippen LogP contribution in [-0.4, -0.2) is 26.5 Å². The van der Waals surface area contributed by atoms with Crippen molar-refractivity contribution in [2.75, 3.05) is 16.4 Å². The lowest BCUT2D eigenvalue weighted by Gasteiger charge is -2.11. The highest BCUT2D eigenvalue weighted by Crippen LogP contribution is 2.29. The van der Waals surface area contributed by atoms with E-state index >= 15 is 0 Å². The van der Waals surface area contributed by atoms with Gasteiger partial charge < -0.3 is 21.7 Å². The Morgan fingerprint density at radius 3 is 2.50 bits per heavy atom. The Morgan fingerprint density at radius 1 is 1.00 bits per heavy atom. The van der Waals surface area contributed by atoms with Crippen LogP contribution in [0.2, 0.25) is 0 Å². The molecule has 0 aliphatic heterocycles. The van der Waals surface area contributed by atoms with Crippen molar-refractivity contribution in [2.24, 2.45) is 0 Å². The zero-order valence-electron chi connectivity index (χ0n) is 17.4. The number of urea groups is 1. The Morgan fingerprint density at radius 2 is 1.76 bits per heavy atom. The predicted molar refractivity (Wildman–Crippen MR) is 119 cm³/mol. The van der Waals surface area contributed by atoms with Gasteiger partial charge in [0.05, 0.1) is 11.1 Å². The van der Waals surface area contributed by atoms with Crippen LogP contribution in [0.1, 0.15) is 21.5 Å². The molecule has 0 aliphatic carbocycles. The zero-order chi connectivity index (χ0) is 24.3. The van der Waals surface area contributed by atoms with Crippen molar-refractivity contribution in [1.82, 2.24) is 19.9 Å². The first kappa shape index (κ1) is 22.6. The van der Waals surface area contributed by atoms with Gasteiger partial charge in [-0.2, -0.15) is 18.3 Å². The van der Waals surface area contributed by atoms with Crippen molar-refractivity contribution in [3.8, 4) is 0 Å². The topological polar surface area (TPSA) is 126 Å². The van der Waals surface area contributed by atoms with E-state index in [0.29, 0.717) is 22.3 Å². The van der Waals surface area contributed by atoms with E-state index in [-0.39, 0.29) is 18.1 Å². The molecule has 0 radical (unpaired) electrons. The molecule has 4 rings (SSSR count). The molecule has 0 bridgehead atoms. The molecule has 0 fully saturated rings. The van der Waals surface area contributed by atoms with Gasteiger partial charge in [-0.05, 0) is 48.0 Å². The quantitative estimate of drug-likeness (QED) is 0.353. The first-order valence-electron chi connectivity index (χ1n) is 9.91. The summed E-state index contributed by atoms with van der Waals surface area (Å²) in [6.45, 7) is 0.117. The summed E-state index contributed by atoms with van der Waals surface area (Å²) in [5, 5.41) is 11.8. The average molecular weight is 469 g/mol. The summed E-state index contributed by atoms with van der Waals surface area (Å²) in [7, 11) is 0. The highest BCUT2D eigenvalue weighted by atomic mass is 19.4. The average Bonchev–Trinajstić information content (AvgIpc) is 3.24. The van der Waals surface area contributed by atoms with Gasteiger partial charge in [0.1, 0.15) is 11.8 Å². The Balaban J connectivity index is 1.36. The molecule has 4 aromatic rings. The summed E-state index contributed by atoms with van der Waals surface area (Å²) in [5.41, 5.74) is 7.13. The van der Waals surface area contributed by atoms with E-state index in [2.05, 4.69) is 26.0 Å². The zero-order valence-corrected chi connectivity index (χ0v) is 17.4. The number of nitrogens with one attached hydrogen (secondary N) is 3. The van der Waals surface area contributed by atoms with E-state index in [1.54, 1.807) is 36.5 Å². The second-order valence-corrected chi connectivity index (χ2v) is 7.21. The molecule has 9 nitrogen and oxygen atoms in total. The van der Waals surface area contributed by atoms with Gasteiger partial charge in [-0.15, -0.1) is 0 Å². The lowest BCUT2D eigenvalue weighted by molar-refractivity contribution is -0.137. The van der Waals surface area contributed by atoms with E-state index in [0.717, 1.165) is 12.1 Å². The standard InChI is InChI=1S/C22H18F3N7O2/c23-22(24,25)14-4-6-15(7-5-14)31-21(34)27-11-13-2-1-3-16(10-13)30-20(33)17-8-9-32-18(17)19(26)28-12-29-32/h1-10,12H,11H2,(H,30,33)(H2,26,28,29)(H2,27,31,34). The molecule has 0 atom stereocenters. The summed E-state index contributed by atoms with van der Waals surface area (Å²) >= 11 is 0. The van der Waals surface area contributed by atoms with Crippen LogP contribution in [0.3, 0.4) is 0 Å². The number of hydrogen-bond donors (Lipinski definition) is 4. The molecule has 0 saturated heterocycles. The van der Waals surface area contributed by atoms with Crippen molar-refractivity contribution in [2.45, 2.75) is 12.7 Å². The molecule has 2 aromatic carbocycles. The van der Waals surface area contributed by atoms with Gasteiger partial charge in [-0.3, -0.25) is 4.79 Å². The molecule has 0 spiro atoms. The number of carbonyl (C=O) groups excluding carboxylic acids is 2. The summed E-state index contributed by atoms with van der Waals surface area (Å²) in [4.78, 5) is 28.7. The molecule has 12 heteroatoms. The number of fused-ring (bicyclic) bond motifs is 1. The Hall–Kier alpha value is -4.61. The number of benzene rings is 2. The maximum absolute atomic E-state index is 12.7. The van der Waals surface area contributed by atoms with Gasteiger partial charge >= 0.3 is 12.2 Å². The molecule has 174 valence electrons. The summed E-state index contributed by atoms with van der Waals surface area (Å²) in [6.07, 6.45) is -1.57. The van der Waals surface area contributed by atoms with E-state index in [9.17, 15) is 22.8 Å². The van der Waals surface area contributed by atoms with E-state index in [1.807, 2.05) is 0 Å². The number of nitrogens with two attached hydrogens (primary N) is 1.